The molecule has 1 heterocycles. The van der Waals surface area contributed by atoms with Crippen molar-refractivity contribution in [2.24, 2.45) is 5.73 Å². The van der Waals surface area contributed by atoms with Gasteiger partial charge in [0, 0.05) is 10.9 Å². The first-order chi connectivity index (χ1) is 9.06. The smallest absolute Gasteiger partial charge is 0.260 e. The van der Waals surface area contributed by atoms with E-state index >= 15 is 0 Å². The molecule has 0 unspecified atom stereocenters. The molecule has 19 heavy (non-hydrogen) atoms. The van der Waals surface area contributed by atoms with Crippen molar-refractivity contribution in [2.45, 2.75) is 18.8 Å². The molecule has 2 aromatic rings. The SMILES string of the molecule is NC(=O)c1cc([C@@H]2CCc3c(F)cc(Cl)cc32)ns1. The molecule has 2 N–H and O–H groups in total. The molecule has 1 aliphatic carbocycles. The lowest BCUT2D eigenvalue weighted by molar-refractivity contribution is 0.100. The number of nitrogens with zero attached hydrogens (tertiary/aromatic N) is 1. The summed E-state index contributed by atoms with van der Waals surface area (Å²) in [5.41, 5.74) is 7.55. The Kier molecular flexibility index (Phi) is 3.03. The number of primary amides is 1. The quantitative estimate of drug-likeness (QED) is 0.926. The van der Waals surface area contributed by atoms with E-state index in [-0.39, 0.29) is 11.7 Å². The van der Waals surface area contributed by atoms with Crippen LogP contribution in [0, 0.1) is 5.82 Å². The van der Waals surface area contributed by atoms with Gasteiger partial charge in [-0.2, -0.15) is 4.37 Å². The van der Waals surface area contributed by atoms with Gasteiger partial charge in [0.15, 0.2) is 0 Å². The van der Waals surface area contributed by atoms with Crippen LogP contribution in [0.25, 0.3) is 0 Å². The van der Waals surface area contributed by atoms with Gasteiger partial charge in [0.25, 0.3) is 5.91 Å². The third-order valence-corrected chi connectivity index (χ3v) is 4.42. The molecule has 0 bridgehead atoms. The molecule has 0 radical (unpaired) electrons. The fourth-order valence-electron chi connectivity index (χ4n) is 2.52. The summed E-state index contributed by atoms with van der Waals surface area (Å²) in [6, 6.07) is 4.80. The highest BCUT2D eigenvalue weighted by molar-refractivity contribution is 7.08. The number of hydrogen-bond acceptors (Lipinski definition) is 3. The molecule has 0 fully saturated rings. The van der Waals surface area contributed by atoms with Crippen molar-refractivity contribution in [1.29, 1.82) is 0 Å². The number of carbonyl (C=O) groups is 1. The summed E-state index contributed by atoms with van der Waals surface area (Å²) in [6.45, 7) is 0. The molecule has 3 nitrogen and oxygen atoms in total. The van der Waals surface area contributed by atoms with Crippen molar-refractivity contribution in [1.82, 2.24) is 4.37 Å². The summed E-state index contributed by atoms with van der Waals surface area (Å²) >= 11 is 6.98. The van der Waals surface area contributed by atoms with Crippen LogP contribution in [-0.2, 0) is 6.42 Å². The predicted octanol–water partition coefficient (Wildman–Crippen LogP) is 3.11. The summed E-state index contributed by atoms with van der Waals surface area (Å²) < 4.78 is 18.1. The van der Waals surface area contributed by atoms with Crippen molar-refractivity contribution in [2.75, 3.05) is 0 Å². The molecular formula is C13H10ClFN2OS. The second kappa shape index (κ2) is 4.58. The topological polar surface area (TPSA) is 56.0 Å². The van der Waals surface area contributed by atoms with Crippen LogP contribution in [0.4, 0.5) is 4.39 Å². The van der Waals surface area contributed by atoms with Crippen molar-refractivity contribution < 1.29 is 9.18 Å². The zero-order valence-corrected chi connectivity index (χ0v) is 11.4. The molecule has 0 saturated heterocycles. The normalized spacial score (nSPS) is 17.5. The van der Waals surface area contributed by atoms with Crippen LogP contribution in [0.1, 0.15) is 38.8 Å². The lowest BCUT2D eigenvalue weighted by atomic mass is 9.97. The minimum absolute atomic E-state index is 0.00690. The van der Waals surface area contributed by atoms with Gasteiger partial charge in [0.1, 0.15) is 10.7 Å². The molecule has 6 heteroatoms. The van der Waals surface area contributed by atoms with Crippen LogP contribution in [0.3, 0.4) is 0 Å². The molecule has 98 valence electrons. The molecule has 1 atom stereocenters. The number of benzene rings is 1. The first-order valence-electron chi connectivity index (χ1n) is 5.80. The van der Waals surface area contributed by atoms with E-state index in [1.807, 2.05) is 0 Å². The minimum atomic E-state index is -0.487. The summed E-state index contributed by atoms with van der Waals surface area (Å²) in [5.74, 6) is -0.762. The van der Waals surface area contributed by atoms with Gasteiger partial charge in [-0.15, -0.1) is 0 Å². The maximum absolute atomic E-state index is 13.8. The Morgan fingerprint density at radius 1 is 1.47 bits per heavy atom. The molecular weight excluding hydrogens is 287 g/mol. The first-order valence-corrected chi connectivity index (χ1v) is 6.95. The van der Waals surface area contributed by atoms with Gasteiger partial charge in [0.2, 0.25) is 0 Å². The average molecular weight is 297 g/mol. The number of halogens is 2. The lowest BCUT2D eigenvalue weighted by Gasteiger charge is -2.09. The third kappa shape index (κ3) is 2.13. The predicted molar refractivity (Wildman–Crippen MR) is 72.2 cm³/mol. The monoisotopic (exact) mass is 296 g/mol. The fraction of sp³-hybridized carbons (Fsp3) is 0.231. The number of rotatable bonds is 2. The van der Waals surface area contributed by atoms with Crippen LogP contribution in [0.5, 0.6) is 0 Å². The van der Waals surface area contributed by atoms with E-state index in [1.54, 1.807) is 12.1 Å². The van der Waals surface area contributed by atoms with Gasteiger partial charge in [-0.3, -0.25) is 4.79 Å². The maximum Gasteiger partial charge on any atom is 0.260 e. The Hall–Kier alpha value is -1.46. The highest BCUT2D eigenvalue weighted by atomic mass is 35.5. The van der Waals surface area contributed by atoms with E-state index < -0.39 is 5.91 Å². The first kappa shape index (κ1) is 12.6. The number of fused-ring (bicyclic) bond motifs is 1. The molecule has 0 aliphatic heterocycles. The minimum Gasteiger partial charge on any atom is -0.365 e. The summed E-state index contributed by atoms with van der Waals surface area (Å²) in [5, 5.41) is 0.383. The molecule has 1 aromatic carbocycles. The van der Waals surface area contributed by atoms with Crippen molar-refractivity contribution in [3.8, 4) is 0 Å². The van der Waals surface area contributed by atoms with Crippen LogP contribution in [0.2, 0.25) is 5.02 Å². The van der Waals surface area contributed by atoms with Gasteiger partial charge >= 0.3 is 0 Å². The van der Waals surface area contributed by atoms with Crippen molar-refractivity contribution in [3.05, 3.63) is 50.7 Å². The van der Waals surface area contributed by atoms with Gasteiger partial charge in [-0.05, 0) is 53.7 Å². The largest absolute Gasteiger partial charge is 0.365 e. The van der Waals surface area contributed by atoms with Crippen LogP contribution in [-0.4, -0.2) is 10.3 Å². The van der Waals surface area contributed by atoms with Crippen LogP contribution >= 0.6 is 23.1 Å². The Morgan fingerprint density at radius 3 is 2.95 bits per heavy atom. The summed E-state index contributed by atoms with van der Waals surface area (Å²) in [6.07, 6.45) is 1.43. The van der Waals surface area contributed by atoms with Gasteiger partial charge in [0.05, 0.1) is 5.69 Å². The molecule has 0 saturated carbocycles. The summed E-state index contributed by atoms with van der Waals surface area (Å²) in [4.78, 5) is 11.5. The van der Waals surface area contributed by atoms with Gasteiger partial charge in [-0.25, -0.2) is 4.39 Å². The van der Waals surface area contributed by atoms with E-state index in [4.69, 9.17) is 17.3 Å². The Balaban J connectivity index is 2.04. The second-order valence-corrected chi connectivity index (χ2v) is 5.77. The Bertz CT molecular complexity index is 671. The summed E-state index contributed by atoms with van der Waals surface area (Å²) in [7, 11) is 0. The lowest BCUT2D eigenvalue weighted by Crippen LogP contribution is -2.08. The second-order valence-electron chi connectivity index (χ2n) is 4.53. The third-order valence-electron chi connectivity index (χ3n) is 3.38. The zero-order valence-electron chi connectivity index (χ0n) is 9.82. The number of aromatic nitrogens is 1. The van der Waals surface area contributed by atoms with E-state index in [0.29, 0.717) is 21.9 Å². The van der Waals surface area contributed by atoms with Crippen molar-refractivity contribution >= 4 is 29.0 Å². The molecule has 1 amide bonds. The molecule has 0 spiro atoms. The van der Waals surface area contributed by atoms with Crippen LogP contribution in [0.15, 0.2) is 18.2 Å². The molecule has 3 rings (SSSR count). The van der Waals surface area contributed by atoms with Gasteiger partial charge in [-0.1, -0.05) is 11.6 Å². The van der Waals surface area contributed by atoms with Gasteiger partial charge < -0.3 is 5.73 Å². The maximum atomic E-state index is 13.8. The van der Waals surface area contributed by atoms with E-state index in [9.17, 15) is 9.18 Å². The highest BCUT2D eigenvalue weighted by Crippen LogP contribution is 2.40. The standard InChI is InChI=1S/C13H10ClFN2OS/c14-6-3-9-7(10(15)4-6)1-2-8(9)11-5-12(13(16)18)19-17-11/h3-5,8H,1-2H2,(H2,16,18)/t8-/m1/s1. The average Bonchev–Trinajstić information content (AvgIpc) is 2.93. The number of hydrogen-bond donors (Lipinski definition) is 1. The van der Waals surface area contributed by atoms with Crippen LogP contribution < -0.4 is 5.73 Å². The highest BCUT2D eigenvalue weighted by Gasteiger charge is 2.29. The number of amides is 1. The van der Waals surface area contributed by atoms with E-state index in [1.165, 1.54) is 6.07 Å². The zero-order chi connectivity index (χ0) is 13.6. The van der Waals surface area contributed by atoms with E-state index in [0.717, 1.165) is 29.2 Å². The number of carbonyl (C=O) groups excluding carboxylic acids is 1. The Morgan fingerprint density at radius 2 is 2.26 bits per heavy atom. The fourth-order valence-corrected chi connectivity index (χ4v) is 3.38. The molecule has 1 aromatic heterocycles. The Labute approximate surface area is 118 Å². The number of nitrogens with two attached hydrogens (primary N) is 1. The van der Waals surface area contributed by atoms with Crippen molar-refractivity contribution in [3.63, 3.8) is 0 Å². The molecule has 1 aliphatic rings. The van der Waals surface area contributed by atoms with E-state index in [2.05, 4.69) is 4.37 Å².